The number of aromatic amines is 1. The number of benzene rings is 1. The van der Waals surface area contributed by atoms with Gasteiger partial charge in [0.2, 0.25) is 0 Å². The molecule has 0 fully saturated rings. The van der Waals surface area contributed by atoms with Crippen molar-refractivity contribution in [3.63, 3.8) is 0 Å². The van der Waals surface area contributed by atoms with E-state index in [9.17, 15) is 9.59 Å². The molecule has 23 heavy (non-hydrogen) atoms. The summed E-state index contributed by atoms with van der Waals surface area (Å²) in [7, 11) is 3.35. The van der Waals surface area contributed by atoms with Crippen LogP contribution in [0.25, 0.3) is 11.3 Å². The third-order valence-corrected chi connectivity index (χ3v) is 4.37. The first-order valence-corrected chi connectivity index (χ1v) is 8.32. The van der Waals surface area contributed by atoms with Gasteiger partial charge in [0.1, 0.15) is 5.69 Å². The molecule has 1 aromatic carbocycles. The number of carbonyl (C=O) groups is 2. The second-order valence-electron chi connectivity index (χ2n) is 4.64. The molecule has 0 bridgehead atoms. The minimum atomic E-state index is -0.561. The second kappa shape index (κ2) is 7.60. The number of aromatic nitrogens is 3. The van der Waals surface area contributed by atoms with Crippen LogP contribution in [0.4, 0.5) is 4.79 Å². The normalized spacial score (nSPS) is 10.4. The maximum Gasteiger partial charge on any atom is 0.361 e. The van der Waals surface area contributed by atoms with E-state index in [2.05, 4.69) is 31.3 Å². The lowest BCUT2D eigenvalue weighted by Gasteiger charge is -2.12. The van der Waals surface area contributed by atoms with Crippen molar-refractivity contribution in [1.82, 2.24) is 20.3 Å². The highest BCUT2D eigenvalue weighted by Crippen LogP contribution is 2.35. The van der Waals surface area contributed by atoms with Crippen molar-refractivity contribution in [3.05, 3.63) is 28.4 Å². The summed E-state index contributed by atoms with van der Waals surface area (Å²) >= 11 is 4.43. The van der Waals surface area contributed by atoms with Gasteiger partial charge in [-0.1, -0.05) is 22.0 Å². The number of H-pyrrole nitrogens is 1. The Labute approximate surface area is 145 Å². The Kier molecular flexibility index (Phi) is 5.78. The number of carbonyl (C=O) groups excluding carboxylic acids is 2. The fourth-order valence-corrected chi connectivity index (χ4v) is 3.07. The van der Waals surface area contributed by atoms with Gasteiger partial charge in [-0.15, -0.1) is 5.10 Å². The largest absolute Gasteiger partial charge is 0.461 e. The molecule has 0 aliphatic carbocycles. The number of thioether (sulfide) groups is 1. The predicted molar refractivity (Wildman–Crippen MR) is 90.4 cm³/mol. The van der Waals surface area contributed by atoms with Crippen molar-refractivity contribution < 1.29 is 14.3 Å². The molecule has 1 amide bonds. The van der Waals surface area contributed by atoms with Crippen molar-refractivity contribution in [1.29, 1.82) is 0 Å². The molecule has 0 atom stereocenters. The highest BCUT2D eigenvalue weighted by molar-refractivity contribution is 9.10. The van der Waals surface area contributed by atoms with Gasteiger partial charge in [-0.2, -0.15) is 10.3 Å². The lowest BCUT2D eigenvalue weighted by molar-refractivity contribution is 0.0520. The lowest BCUT2D eigenvalue weighted by Crippen LogP contribution is -2.16. The molecule has 0 aliphatic heterocycles. The Bertz CT molecular complexity index is 733. The third-order valence-electron chi connectivity index (χ3n) is 2.78. The van der Waals surface area contributed by atoms with Gasteiger partial charge in [0, 0.05) is 29.0 Å². The molecule has 122 valence electrons. The van der Waals surface area contributed by atoms with Crippen molar-refractivity contribution in [2.45, 2.75) is 11.8 Å². The van der Waals surface area contributed by atoms with Gasteiger partial charge in [0.25, 0.3) is 5.24 Å². The van der Waals surface area contributed by atoms with Crippen LogP contribution >= 0.6 is 27.7 Å². The molecule has 1 N–H and O–H groups in total. The first kappa shape index (κ1) is 17.5. The first-order chi connectivity index (χ1) is 10.9. The van der Waals surface area contributed by atoms with E-state index < -0.39 is 5.97 Å². The van der Waals surface area contributed by atoms with E-state index in [1.165, 1.54) is 4.90 Å². The van der Waals surface area contributed by atoms with Crippen LogP contribution in [0.2, 0.25) is 0 Å². The number of nitrogens with one attached hydrogen (secondary N) is 1. The average Bonchev–Trinajstić information content (AvgIpc) is 2.97. The van der Waals surface area contributed by atoms with E-state index in [4.69, 9.17) is 4.74 Å². The molecule has 1 aromatic heterocycles. The van der Waals surface area contributed by atoms with Crippen LogP contribution in [0.5, 0.6) is 0 Å². The minimum Gasteiger partial charge on any atom is -0.461 e. The highest BCUT2D eigenvalue weighted by Gasteiger charge is 2.22. The summed E-state index contributed by atoms with van der Waals surface area (Å²) in [5, 5.41) is 10.2. The molecule has 7 nitrogen and oxygen atoms in total. The van der Waals surface area contributed by atoms with E-state index in [0.29, 0.717) is 16.2 Å². The number of halogens is 1. The smallest absolute Gasteiger partial charge is 0.361 e. The fraction of sp³-hybridized carbons (Fsp3) is 0.286. The maximum atomic E-state index is 12.0. The van der Waals surface area contributed by atoms with E-state index in [1.54, 1.807) is 33.2 Å². The first-order valence-electron chi connectivity index (χ1n) is 6.71. The van der Waals surface area contributed by atoms with Crippen LogP contribution < -0.4 is 0 Å². The molecule has 0 spiro atoms. The summed E-state index contributed by atoms with van der Waals surface area (Å²) in [6.07, 6.45) is 0. The monoisotopic (exact) mass is 398 g/mol. The number of amides is 1. The Morgan fingerprint density at radius 3 is 2.74 bits per heavy atom. The van der Waals surface area contributed by atoms with Crippen LogP contribution in [-0.4, -0.2) is 52.2 Å². The third kappa shape index (κ3) is 4.11. The predicted octanol–water partition coefficient (Wildman–Crippen LogP) is 3.18. The van der Waals surface area contributed by atoms with E-state index in [-0.39, 0.29) is 17.5 Å². The van der Waals surface area contributed by atoms with Crippen molar-refractivity contribution >= 4 is 38.9 Å². The molecule has 0 unspecified atom stereocenters. The maximum absolute atomic E-state index is 12.0. The number of rotatable bonds is 4. The van der Waals surface area contributed by atoms with Crippen LogP contribution in [0.1, 0.15) is 17.4 Å². The molecule has 2 aromatic rings. The fourth-order valence-electron chi connectivity index (χ4n) is 1.72. The number of ether oxygens (including phenoxy) is 1. The van der Waals surface area contributed by atoms with Crippen molar-refractivity contribution in [3.8, 4) is 11.3 Å². The van der Waals surface area contributed by atoms with Crippen LogP contribution in [0.3, 0.4) is 0 Å². The molecular formula is C14H15BrN4O3S. The summed E-state index contributed by atoms with van der Waals surface area (Å²) in [5.74, 6) is -0.561. The zero-order valence-corrected chi connectivity index (χ0v) is 15.2. The molecular weight excluding hydrogens is 384 g/mol. The Hall–Kier alpha value is -1.87. The molecule has 1 heterocycles. The average molecular weight is 399 g/mol. The van der Waals surface area contributed by atoms with Gasteiger partial charge >= 0.3 is 5.97 Å². The SMILES string of the molecule is CCOC(=O)c1n[nH]nc1-c1ccc(Br)cc1SC(=O)N(C)C. The van der Waals surface area contributed by atoms with Crippen molar-refractivity contribution in [2.24, 2.45) is 0 Å². The molecule has 2 rings (SSSR count). The van der Waals surface area contributed by atoms with E-state index >= 15 is 0 Å². The summed E-state index contributed by atoms with van der Waals surface area (Å²) in [5.41, 5.74) is 1.07. The van der Waals surface area contributed by atoms with Crippen LogP contribution in [-0.2, 0) is 4.74 Å². The topological polar surface area (TPSA) is 88.2 Å². The van der Waals surface area contributed by atoms with Gasteiger partial charge in [-0.3, -0.25) is 4.79 Å². The quantitative estimate of drug-likeness (QED) is 0.628. The highest BCUT2D eigenvalue weighted by atomic mass is 79.9. The van der Waals surface area contributed by atoms with Gasteiger partial charge in [-0.25, -0.2) is 4.79 Å². The number of hydrogen-bond acceptors (Lipinski definition) is 6. The molecule has 0 radical (unpaired) electrons. The van der Waals surface area contributed by atoms with Gasteiger partial charge in [0.15, 0.2) is 5.69 Å². The molecule has 0 saturated heterocycles. The number of hydrogen-bond donors (Lipinski definition) is 1. The van der Waals surface area contributed by atoms with Gasteiger partial charge in [0.05, 0.1) is 6.61 Å². The minimum absolute atomic E-state index is 0.0910. The van der Waals surface area contributed by atoms with Gasteiger partial charge in [-0.05, 0) is 30.8 Å². The number of esters is 1. The van der Waals surface area contributed by atoms with Crippen LogP contribution in [0, 0.1) is 0 Å². The summed E-state index contributed by atoms with van der Waals surface area (Å²) < 4.78 is 5.79. The second-order valence-corrected chi connectivity index (χ2v) is 6.55. The summed E-state index contributed by atoms with van der Waals surface area (Å²) in [4.78, 5) is 26.1. The zero-order chi connectivity index (χ0) is 17.0. The lowest BCUT2D eigenvalue weighted by atomic mass is 10.1. The summed E-state index contributed by atoms with van der Waals surface area (Å²) in [6, 6.07) is 5.38. The van der Waals surface area contributed by atoms with Crippen molar-refractivity contribution in [2.75, 3.05) is 20.7 Å². The van der Waals surface area contributed by atoms with E-state index in [1.807, 2.05) is 6.07 Å². The van der Waals surface area contributed by atoms with Crippen LogP contribution in [0.15, 0.2) is 27.6 Å². The number of nitrogens with zero attached hydrogens (tertiary/aromatic N) is 3. The molecule has 0 aliphatic rings. The van der Waals surface area contributed by atoms with Gasteiger partial charge < -0.3 is 9.64 Å². The van der Waals surface area contributed by atoms with E-state index in [0.717, 1.165) is 16.2 Å². The molecule has 9 heteroatoms. The Morgan fingerprint density at radius 1 is 1.35 bits per heavy atom. The summed E-state index contributed by atoms with van der Waals surface area (Å²) in [6.45, 7) is 1.96. The molecule has 0 saturated carbocycles. The standard InChI is InChI=1S/C14H15BrN4O3S/c1-4-22-13(20)12-11(16-18-17-12)9-6-5-8(15)7-10(9)23-14(21)19(2)3/h5-7H,4H2,1-3H3,(H,16,17,18). The zero-order valence-electron chi connectivity index (χ0n) is 12.8. The Balaban J connectivity index is 2.46. The Morgan fingerprint density at radius 2 is 2.09 bits per heavy atom.